The number of aromatic nitrogens is 5. The molecule has 0 saturated carbocycles. The van der Waals surface area contributed by atoms with Gasteiger partial charge in [0.2, 0.25) is 0 Å². The molecule has 0 radical (unpaired) electrons. The van der Waals surface area contributed by atoms with Crippen molar-refractivity contribution in [2.75, 3.05) is 0 Å². The molecule has 3 aromatic heterocycles. The Hall–Kier alpha value is -2.36. The smallest absolute Gasteiger partial charge is 0.258 e. The summed E-state index contributed by atoms with van der Waals surface area (Å²) in [5.41, 5.74) is 0.644. The van der Waals surface area contributed by atoms with Crippen LogP contribution in [-0.4, -0.2) is 24.1 Å². The first-order chi connectivity index (χ1) is 14.0. The third-order valence-electron chi connectivity index (χ3n) is 4.24. The Morgan fingerprint density at radius 2 is 2.17 bits per heavy atom. The third-order valence-corrected chi connectivity index (χ3v) is 6.23. The van der Waals surface area contributed by atoms with E-state index in [9.17, 15) is 4.79 Å². The van der Waals surface area contributed by atoms with Crippen LogP contribution in [0.3, 0.4) is 0 Å². The summed E-state index contributed by atoms with van der Waals surface area (Å²) >= 11 is 8.97. The van der Waals surface area contributed by atoms with E-state index in [4.69, 9.17) is 16.3 Å². The van der Waals surface area contributed by atoms with Crippen molar-refractivity contribution in [2.45, 2.75) is 37.4 Å². The van der Waals surface area contributed by atoms with Gasteiger partial charge in [-0.2, -0.15) is 0 Å². The van der Waals surface area contributed by atoms with E-state index in [0.29, 0.717) is 28.0 Å². The number of thioether (sulfide) groups is 1. The molecule has 4 aromatic rings. The number of thiazole rings is 1. The van der Waals surface area contributed by atoms with E-state index in [2.05, 4.69) is 15.2 Å². The average molecular weight is 448 g/mol. The summed E-state index contributed by atoms with van der Waals surface area (Å²) in [5.74, 6) is 1.95. The number of benzene rings is 1. The molecular formula is C19H18ClN5O2S2. The van der Waals surface area contributed by atoms with Crippen LogP contribution in [0, 0.1) is 0 Å². The summed E-state index contributed by atoms with van der Waals surface area (Å²) in [5, 5.41) is 11.9. The predicted octanol–water partition coefficient (Wildman–Crippen LogP) is 4.45. The molecule has 0 fully saturated rings. The minimum Gasteiger partial charge on any atom is -0.483 e. The lowest BCUT2D eigenvalue weighted by atomic mass is 10.3. The summed E-state index contributed by atoms with van der Waals surface area (Å²) in [6.07, 6.45) is 1.44. The maximum atomic E-state index is 12.1. The zero-order valence-corrected chi connectivity index (χ0v) is 18.2. The molecule has 0 aliphatic rings. The average Bonchev–Trinajstić information content (AvgIpc) is 3.33. The van der Waals surface area contributed by atoms with Gasteiger partial charge >= 0.3 is 0 Å². The first-order valence-corrected chi connectivity index (χ1v) is 11.2. The van der Waals surface area contributed by atoms with Gasteiger partial charge in [0.15, 0.2) is 22.0 Å². The van der Waals surface area contributed by atoms with Crippen molar-refractivity contribution in [3.8, 4) is 5.75 Å². The van der Waals surface area contributed by atoms with Gasteiger partial charge in [-0.3, -0.25) is 9.20 Å². The molecule has 4 rings (SSSR count). The molecule has 29 heavy (non-hydrogen) atoms. The Balaban J connectivity index is 1.51. The van der Waals surface area contributed by atoms with E-state index in [1.165, 1.54) is 23.1 Å². The van der Waals surface area contributed by atoms with Crippen LogP contribution in [0.2, 0.25) is 5.02 Å². The molecule has 0 spiro atoms. The summed E-state index contributed by atoms with van der Waals surface area (Å²) in [6, 6.07) is 8.83. The lowest BCUT2D eigenvalue weighted by Gasteiger charge is -2.15. The highest BCUT2D eigenvalue weighted by atomic mass is 35.5. The minimum absolute atomic E-state index is 0.0759. The highest BCUT2D eigenvalue weighted by Gasteiger charge is 2.19. The van der Waals surface area contributed by atoms with Crippen LogP contribution in [0.5, 0.6) is 5.75 Å². The lowest BCUT2D eigenvalue weighted by molar-refractivity contribution is 0.210. The second kappa shape index (κ2) is 8.56. The van der Waals surface area contributed by atoms with Crippen molar-refractivity contribution < 1.29 is 4.74 Å². The second-order valence-electron chi connectivity index (χ2n) is 6.23. The monoisotopic (exact) mass is 447 g/mol. The van der Waals surface area contributed by atoms with E-state index in [1.54, 1.807) is 28.8 Å². The quantitative estimate of drug-likeness (QED) is 0.389. The van der Waals surface area contributed by atoms with Crippen molar-refractivity contribution in [1.82, 2.24) is 24.1 Å². The number of ether oxygens (including phenoxy) is 1. The molecule has 150 valence electrons. The molecule has 0 aliphatic carbocycles. The number of nitrogens with zero attached hydrogens (tertiary/aromatic N) is 5. The van der Waals surface area contributed by atoms with Crippen LogP contribution in [0.15, 0.2) is 51.9 Å². The fraction of sp³-hybridized carbons (Fsp3) is 0.263. The Morgan fingerprint density at radius 1 is 1.31 bits per heavy atom. The van der Waals surface area contributed by atoms with Crippen molar-refractivity contribution in [2.24, 2.45) is 0 Å². The van der Waals surface area contributed by atoms with Crippen molar-refractivity contribution in [3.63, 3.8) is 0 Å². The summed E-state index contributed by atoms with van der Waals surface area (Å²) in [7, 11) is 0. The first-order valence-electron chi connectivity index (χ1n) is 8.99. The van der Waals surface area contributed by atoms with Gasteiger partial charge in [-0.1, -0.05) is 29.4 Å². The number of fused-ring (bicyclic) bond motifs is 1. The number of hydrogen-bond acceptors (Lipinski definition) is 7. The van der Waals surface area contributed by atoms with E-state index in [0.717, 1.165) is 16.7 Å². The van der Waals surface area contributed by atoms with E-state index >= 15 is 0 Å². The maximum absolute atomic E-state index is 12.1. The normalized spacial score (nSPS) is 12.4. The van der Waals surface area contributed by atoms with Crippen LogP contribution < -0.4 is 10.3 Å². The number of halogens is 1. The third kappa shape index (κ3) is 4.31. The highest BCUT2D eigenvalue weighted by molar-refractivity contribution is 7.98. The maximum Gasteiger partial charge on any atom is 0.258 e. The topological polar surface area (TPSA) is 74.3 Å². The van der Waals surface area contributed by atoms with Gasteiger partial charge in [-0.05, 0) is 32.0 Å². The van der Waals surface area contributed by atoms with Gasteiger partial charge in [-0.15, -0.1) is 21.5 Å². The molecular weight excluding hydrogens is 430 g/mol. The standard InChI is InChI=1S/C19H18ClN5O2S2/c1-3-24-17(12(2)27-15-6-4-5-13(20)9-15)22-23-19(24)29-11-14-10-16(26)25-7-8-28-18(25)21-14/h4-10,12H,3,11H2,1-2H3/t12-/m1/s1. The molecule has 1 atom stereocenters. The van der Waals surface area contributed by atoms with E-state index in [-0.39, 0.29) is 11.7 Å². The molecule has 1 aromatic carbocycles. The first kappa shape index (κ1) is 19.9. The van der Waals surface area contributed by atoms with Gasteiger partial charge < -0.3 is 9.30 Å². The molecule has 7 nitrogen and oxygen atoms in total. The zero-order valence-electron chi connectivity index (χ0n) is 15.8. The Kier molecular flexibility index (Phi) is 5.89. The molecule has 0 amide bonds. The van der Waals surface area contributed by atoms with E-state index in [1.807, 2.05) is 35.9 Å². The van der Waals surface area contributed by atoms with Crippen LogP contribution in [-0.2, 0) is 12.3 Å². The van der Waals surface area contributed by atoms with Crippen LogP contribution in [0.25, 0.3) is 4.96 Å². The molecule has 0 bridgehead atoms. The molecule has 0 unspecified atom stereocenters. The van der Waals surface area contributed by atoms with Gasteiger partial charge in [0.25, 0.3) is 5.56 Å². The van der Waals surface area contributed by atoms with Crippen LogP contribution in [0.1, 0.15) is 31.5 Å². The summed E-state index contributed by atoms with van der Waals surface area (Å²) in [6.45, 7) is 4.66. The fourth-order valence-corrected chi connectivity index (χ4v) is 4.72. The number of rotatable bonds is 7. The largest absolute Gasteiger partial charge is 0.483 e. The van der Waals surface area contributed by atoms with Gasteiger partial charge in [-0.25, -0.2) is 4.98 Å². The van der Waals surface area contributed by atoms with E-state index < -0.39 is 0 Å². The SMILES string of the molecule is CCn1c(SCc2cc(=O)n3ccsc3n2)nnc1[C@@H](C)Oc1cccc(Cl)c1. The van der Waals surface area contributed by atoms with Gasteiger partial charge in [0.1, 0.15) is 5.75 Å². The minimum atomic E-state index is -0.291. The van der Waals surface area contributed by atoms with Crippen LogP contribution >= 0.6 is 34.7 Å². The van der Waals surface area contributed by atoms with Crippen LogP contribution in [0.4, 0.5) is 0 Å². The molecule has 3 heterocycles. The summed E-state index contributed by atoms with van der Waals surface area (Å²) in [4.78, 5) is 17.4. The second-order valence-corrected chi connectivity index (χ2v) is 8.48. The Morgan fingerprint density at radius 3 is 2.97 bits per heavy atom. The van der Waals surface area contributed by atoms with Gasteiger partial charge in [0.05, 0.1) is 5.69 Å². The van der Waals surface area contributed by atoms with Crippen molar-refractivity contribution >= 4 is 39.7 Å². The summed E-state index contributed by atoms with van der Waals surface area (Å²) < 4.78 is 9.54. The molecule has 10 heteroatoms. The molecule has 0 N–H and O–H groups in total. The number of hydrogen-bond donors (Lipinski definition) is 0. The molecule has 0 saturated heterocycles. The zero-order chi connectivity index (χ0) is 20.4. The molecule has 0 aliphatic heterocycles. The fourth-order valence-electron chi connectivity index (χ4n) is 2.90. The Bertz CT molecular complexity index is 1200. The van der Waals surface area contributed by atoms with Crippen molar-refractivity contribution in [3.05, 3.63) is 68.8 Å². The van der Waals surface area contributed by atoms with Gasteiger partial charge in [0, 0.05) is 35.0 Å². The van der Waals surface area contributed by atoms with Crippen molar-refractivity contribution in [1.29, 1.82) is 0 Å². The highest BCUT2D eigenvalue weighted by Crippen LogP contribution is 2.27. The lowest BCUT2D eigenvalue weighted by Crippen LogP contribution is -2.13. The predicted molar refractivity (Wildman–Crippen MR) is 115 cm³/mol. The Labute approximate surface area is 180 Å².